The maximum Gasteiger partial charge on any atom is 0.224 e. The molecule has 0 bridgehead atoms. The van der Waals surface area contributed by atoms with E-state index in [1.165, 1.54) is 0 Å². The Morgan fingerprint density at radius 3 is 2.60 bits per heavy atom. The van der Waals surface area contributed by atoms with E-state index in [1.807, 2.05) is 60.7 Å². The third-order valence-electron chi connectivity index (χ3n) is 4.79. The molecule has 1 aliphatic carbocycles. The van der Waals surface area contributed by atoms with Gasteiger partial charge in [-0.2, -0.15) is 0 Å². The van der Waals surface area contributed by atoms with E-state index in [0.717, 1.165) is 41.6 Å². The quantitative estimate of drug-likeness (QED) is 0.684. The van der Waals surface area contributed by atoms with Crippen molar-refractivity contribution >= 4 is 16.9 Å². The number of fused-ring (bicyclic) bond motifs is 1. The molecule has 0 saturated heterocycles. The molecule has 25 heavy (non-hydrogen) atoms. The summed E-state index contributed by atoms with van der Waals surface area (Å²) in [5, 5.41) is 4.26. The number of amides is 1. The summed E-state index contributed by atoms with van der Waals surface area (Å²) < 4.78 is 6.04. The van der Waals surface area contributed by atoms with E-state index in [-0.39, 0.29) is 17.9 Å². The fourth-order valence-electron chi connectivity index (χ4n) is 3.40. The van der Waals surface area contributed by atoms with E-state index in [1.54, 1.807) is 0 Å². The summed E-state index contributed by atoms with van der Waals surface area (Å²) in [6.45, 7) is 0. The molecule has 3 aromatic rings. The zero-order valence-electron chi connectivity index (χ0n) is 14.0. The van der Waals surface area contributed by atoms with Crippen LogP contribution in [0.4, 0.5) is 0 Å². The van der Waals surface area contributed by atoms with Crippen molar-refractivity contribution in [2.24, 2.45) is 5.92 Å². The lowest BCUT2D eigenvalue weighted by molar-refractivity contribution is -0.125. The van der Waals surface area contributed by atoms with Crippen LogP contribution in [0.2, 0.25) is 0 Å². The fourth-order valence-corrected chi connectivity index (χ4v) is 3.40. The van der Waals surface area contributed by atoms with Crippen LogP contribution in [0.5, 0.6) is 0 Å². The van der Waals surface area contributed by atoms with Crippen molar-refractivity contribution in [1.29, 1.82) is 0 Å². The number of para-hydroxylation sites is 1. The molecule has 0 fully saturated rings. The maximum atomic E-state index is 12.8. The van der Waals surface area contributed by atoms with Crippen LogP contribution in [-0.2, 0) is 4.79 Å². The monoisotopic (exact) mass is 331 g/mol. The molecule has 3 heteroatoms. The summed E-state index contributed by atoms with van der Waals surface area (Å²) in [5.74, 6) is 0.909. The molecule has 0 radical (unpaired) electrons. The Hall–Kier alpha value is -2.81. The normalized spacial score (nSPS) is 18.2. The lowest BCUT2D eigenvalue weighted by Crippen LogP contribution is -2.34. The molecule has 2 aromatic carbocycles. The minimum Gasteiger partial charge on any atom is -0.459 e. The molecule has 3 nitrogen and oxygen atoms in total. The van der Waals surface area contributed by atoms with Gasteiger partial charge in [0.1, 0.15) is 17.4 Å². The highest BCUT2D eigenvalue weighted by Gasteiger charge is 2.25. The van der Waals surface area contributed by atoms with E-state index in [9.17, 15) is 4.79 Å². The number of rotatable bonds is 4. The van der Waals surface area contributed by atoms with Crippen molar-refractivity contribution in [2.75, 3.05) is 0 Å². The molecule has 0 unspecified atom stereocenters. The lowest BCUT2D eigenvalue weighted by Gasteiger charge is -2.22. The van der Waals surface area contributed by atoms with Crippen molar-refractivity contribution in [2.45, 2.75) is 25.3 Å². The molecule has 1 N–H and O–H groups in total. The Morgan fingerprint density at radius 2 is 1.84 bits per heavy atom. The minimum atomic E-state index is -0.271. The Balaban J connectivity index is 1.66. The zero-order valence-corrected chi connectivity index (χ0v) is 14.0. The molecule has 1 aromatic heterocycles. The van der Waals surface area contributed by atoms with Crippen LogP contribution in [0.25, 0.3) is 11.0 Å². The second-order valence-corrected chi connectivity index (χ2v) is 6.52. The van der Waals surface area contributed by atoms with Crippen molar-refractivity contribution in [3.63, 3.8) is 0 Å². The topological polar surface area (TPSA) is 42.2 Å². The van der Waals surface area contributed by atoms with E-state index < -0.39 is 0 Å². The van der Waals surface area contributed by atoms with E-state index >= 15 is 0 Å². The average Bonchev–Trinajstić information content (AvgIpc) is 3.11. The van der Waals surface area contributed by atoms with Crippen LogP contribution < -0.4 is 5.32 Å². The van der Waals surface area contributed by atoms with E-state index in [2.05, 4.69) is 17.5 Å². The molecular formula is C22H21NO2. The maximum absolute atomic E-state index is 12.8. The second kappa shape index (κ2) is 6.98. The number of furan rings is 1. The van der Waals surface area contributed by atoms with Crippen molar-refractivity contribution in [1.82, 2.24) is 5.32 Å². The highest BCUT2D eigenvalue weighted by Crippen LogP contribution is 2.29. The van der Waals surface area contributed by atoms with Gasteiger partial charge in [-0.1, -0.05) is 60.7 Å². The predicted molar refractivity (Wildman–Crippen MR) is 99.1 cm³/mol. The second-order valence-electron chi connectivity index (χ2n) is 6.52. The number of hydrogen-bond acceptors (Lipinski definition) is 2. The summed E-state index contributed by atoms with van der Waals surface area (Å²) in [4.78, 5) is 12.8. The standard InChI is InChI=1S/C22H21NO2/c24-22(17-11-5-2-6-12-17)23-21(16-9-3-1-4-10-16)20-15-18-13-7-8-14-19(18)25-20/h1-5,7-10,13-15,17,21H,6,11-12H2,(H,23,24)/t17-,21+/m0/s1. The van der Waals surface area contributed by atoms with Gasteiger partial charge in [-0.3, -0.25) is 4.79 Å². The van der Waals surface area contributed by atoms with Crippen molar-refractivity contribution in [3.8, 4) is 0 Å². The molecule has 126 valence electrons. The number of hydrogen-bond donors (Lipinski definition) is 1. The summed E-state index contributed by atoms with van der Waals surface area (Å²) in [5.41, 5.74) is 1.87. The van der Waals surface area contributed by atoms with Crippen molar-refractivity contribution < 1.29 is 9.21 Å². The van der Waals surface area contributed by atoms with Gasteiger partial charge in [0.15, 0.2) is 0 Å². The van der Waals surface area contributed by atoms with E-state index in [0.29, 0.717) is 0 Å². The largest absolute Gasteiger partial charge is 0.459 e. The molecule has 1 amide bonds. The van der Waals surface area contributed by atoms with Crippen LogP contribution in [-0.4, -0.2) is 5.91 Å². The molecule has 0 spiro atoms. The molecular weight excluding hydrogens is 310 g/mol. The Labute approximate surface area is 147 Å². The number of carbonyl (C=O) groups excluding carboxylic acids is 1. The van der Waals surface area contributed by atoms with Gasteiger partial charge in [-0.25, -0.2) is 0 Å². The van der Waals surface area contributed by atoms with Gasteiger partial charge in [-0.15, -0.1) is 0 Å². The number of allylic oxidation sites excluding steroid dienone is 2. The molecule has 0 saturated carbocycles. The van der Waals surface area contributed by atoms with Gasteiger partial charge in [0.05, 0.1) is 0 Å². The SMILES string of the molecule is O=C(N[C@H](c1ccccc1)c1cc2ccccc2o1)[C@H]1CC=CCC1. The summed E-state index contributed by atoms with van der Waals surface area (Å²) in [7, 11) is 0. The first-order valence-corrected chi connectivity index (χ1v) is 8.80. The zero-order chi connectivity index (χ0) is 17.1. The molecule has 2 atom stereocenters. The Kier molecular flexibility index (Phi) is 4.38. The smallest absolute Gasteiger partial charge is 0.224 e. The third-order valence-corrected chi connectivity index (χ3v) is 4.79. The highest BCUT2D eigenvalue weighted by atomic mass is 16.3. The first-order chi connectivity index (χ1) is 12.3. The predicted octanol–water partition coefficient (Wildman–Crippen LogP) is 4.99. The fraction of sp³-hybridized carbons (Fsp3) is 0.227. The lowest BCUT2D eigenvalue weighted by atomic mass is 9.93. The van der Waals surface area contributed by atoms with Crippen LogP contribution in [0.3, 0.4) is 0 Å². The molecule has 1 aliphatic rings. The van der Waals surface area contributed by atoms with Gasteiger partial charge in [-0.05, 0) is 37.0 Å². The van der Waals surface area contributed by atoms with Crippen LogP contribution in [0.1, 0.15) is 36.6 Å². The first-order valence-electron chi connectivity index (χ1n) is 8.80. The van der Waals surface area contributed by atoms with Gasteiger partial charge >= 0.3 is 0 Å². The third kappa shape index (κ3) is 3.36. The van der Waals surface area contributed by atoms with Gasteiger partial charge in [0, 0.05) is 11.3 Å². The molecule has 4 rings (SSSR count). The molecule has 0 aliphatic heterocycles. The van der Waals surface area contributed by atoms with Gasteiger partial charge in [0.2, 0.25) is 5.91 Å². The number of carbonyl (C=O) groups is 1. The van der Waals surface area contributed by atoms with Gasteiger partial charge < -0.3 is 9.73 Å². The Morgan fingerprint density at radius 1 is 1.04 bits per heavy atom. The van der Waals surface area contributed by atoms with Crippen molar-refractivity contribution in [3.05, 3.63) is 84.1 Å². The summed E-state index contributed by atoms with van der Waals surface area (Å²) in [6.07, 6.45) is 6.94. The minimum absolute atomic E-state index is 0.0422. The van der Waals surface area contributed by atoms with Crippen LogP contribution >= 0.6 is 0 Å². The Bertz CT molecular complexity index is 862. The first kappa shape index (κ1) is 15.7. The number of benzene rings is 2. The van der Waals surface area contributed by atoms with Crippen LogP contribution in [0, 0.1) is 5.92 Å². The van der Waals surface area contributed by atoms with E-state index in [4.69, 9.17) is 4.42 Å². The van der Waals surface area contributed by atoms with Crippen LogP contribution in [0.15, 0.2) is 77.2 Å². The number of nitrogens with one attached hydrogen (secondary N) is 1. The average molecular weight is 331 g/mol. The molecule has 1 heterocycles. The highest BCUT2D eigenvalue weighted by molar-refractivity contribution is 5.81. The summed E-state index contributed by atoms with van der Waals surface area (Å²) >= 11 is 0. The summed E-state index contributed by atoms with van der Waals surface area (Å²) in [6, 6.07) is 19.7. The van der Waals surface area contributed by atoms with Gasteiger partial charge in [0.25, 0.3) is 0 Å².